The summed E-state index contributed by atoms with van der Waals surface area (Å²) in [6.45, 7) is 8.50. The van der Waals surface area contributed by atoms with E-state index in [1.807, 2.05) is 4.68 Å². The highest BCUT2D eigenvalue weighted by atomic mass is 16.5. The van der Waals surface area contributed by atoms with Crippen LogP contribution in [0.1, 0.15) is 76.9 Å². The molecule has 0 aromatic carbocycles. The van der Waals surface area contributed by atoms with Gasteiger partial charge in [0.05, 0.1) is 17.5 Å². The van der Waals surface area contributed by atoms with E-state index in [9.17, 15) is 0 Å². The fraction of sp³-hybridized carbons (Fsp3) is 0.857. The summed E-state index contributed by atoms with van der Waals surface area (Å²) in [5.41, 5.74) is 2.37. The minimum atomic E-state index is 0.165. The van der Waals surface area contributed by atoms with Gasteiger partial charge in [0.2, 0.25) is 0 Å². The zero-order valence-corrected chi connectivity index (χ0v) is 12.0. The van der Waals surface area contributed by atoms with E-state index >= 15 is 0 Å². The van der Waals surface area contributed by atoms with E-state index in [4.69, 9.17) is 4.74 Å². The Hall–Kier alpha value is -0.900. The zero-order chi connectivity index (χ0) is 13.1. The Balaban J connectivity index is 2.34. The molecular formula is C14H25N3O. The Morgan fingerprint density at radius 1 is 1.17 bits per heavy atom. The first-order valence-corrected chi connectivity index (χ1v) is 7.19. The van der Waals surface area contributed by atoms with E-state index in [-0.39, 0.29) is 12.2 Å². The Morgan fingerprint density at radius 2 is 1.94 bits per heavy atom. The largest absolute Gasteiger partial charge is 0.369 e. The molecule has 1 heterocycles. The summed E-state index contributed by atoms with van der Waals surface area (Å²) < 4.78 is 8.15. The third kappa shape index (κ3) is 2.91. The molecule has 102 valence electrons. The summed E-state index contributed by atoms with van der Waals surface area (Å²) in [4.78, 5) is 0. The molecule has 4 heteroatoms. The minimum absolute atomic E-state index is 0.165. The maximum absolute atomic E-state index is 6.10. The summed E-state index contributed by atoms with van der Waals surface area (Å²) in [6.07, 6.45) is 6.27. The van der Waals surface area contributed by atoms with Gasteiger partial charge in [0, 0.05) is 6.04 Å². The Morgan fingerprint density at radius 3 is 2.61 bits per heavy atom. The smallest absolute Gasteiger partial charge is 0.101 e. The first-order valence-electron chi connectivity index (χ1n) is 7.19. The second-order valence-corrected chi connectivity index (χ2v) is 5.73. The molecule has 0 saturated carbocycles. The topological polar surface area (TPSA) is 39.9 Å². The van der Waals surface area contributed by atoms with Crippen molar-refractivity contribution in [1.29, 1.82) is 0 Å². The highest BCUT2D eigenvalue weighted by molar-refractivity contribution is 5.15. The van der Waals surface area contributed by atoms with Gasteiger partial charge >= 0.3 is 0 Å². The lowest BCUT2D eigenvalue weighted by atomic mass is 9.98. The number of ether oxygens (including phenoxy) is 1. The normalized spacial score (nSPS) is 20.9. The van der Waals surface area contributed by atoms with Crippen LogP contribution in [0.4, 0.5) is 0 Å². The van der Waals surface area contributed by atoms with Crippen molar-refractivity contribution in [1.82, 2.24) is 15.0 Å². The van der Waals surface area contributed by atoms with E-state index in [2.05, 4.69) is 38.0 Å². The first-order chi connectivity index (χ1) is 8.59. The first kappa shape index (κ1) is 13.5. The molecule has 1 aliphatic rings. The number of rotatable bonds is 3. The van der Waals surface area contributed by atoms with Crippen LogP contribution in [-0.2, 0) is 11.2 Å². The summed E-state index contributed by atoms with van der Waals surface area (Å²) >= 11 is 0. The van der Waals surface area contributed by atoms with Gasteiger partial charge in [-0.1, -0.05) is 18.1 Å². The lowest BCUT2D eigenvalue weighted by Gasteiger charge is -2.24. The Kier molecular flexibility index (Phi) is 4.38. The van der Waals surface area contributed by atoms with Gasteiger partial charge in [-0.25, -0.2) is 4.68 Å². The molecular weight excluding hydrogens is 226 g/mol. The molecule has 2 rings (SSSR count). The van der Waals surface area contributed by atoms with Crippen molar-refractivity contribution in [3.8, 4) is 0 Å². The second kappa shape index (κ2) is 5.83. The molecule has 1 aliphatic carbocycles. The van der Waals surface area contributed by atoms with Gasteiger partial charge < -0.3 is 4.74 Å². The summed E-state index contributed by atoms with van der Waals surface area (Å²) in [7, 11) is 0. The highest BCUT2D eigenvalue weighted by Crippen LogP contribution is 2.31. The maximum atomic E-state index is 6.10. The van der Waals surface area contributed by atoms with E-state index in [0.717, 1.165) is 18.5 Å². The van der Waals surface area contributed by atoms with Gasteiger partial charge in [0.1, 0.15) is 6.10 Å². The van der Waals surface area contributed by atoms with E-state index in [0.29, 0.717) is 6.04 Å². The molecule has 0 spiro atoms. The molecule has 4 nitrogen and oxygen atoms in total. The highest BCUT2D eigenvalue weighted by Gasteiger charge is 2.26. The summed E-state index contributed by atoms with van der Waals surface area (Å²) in [6, 6.07) is 0.346. The molecule has 18 heavy (non-hydrogen) atoms. The standard InChI is InChI=1S/C14H25N3O/c1-10(2)17-14-12(15-16-17)8-6-5-7-9-13(14)18-11(3)4/h10-11,13H,5-9H2,1-4H3. The quantitative estimate of drug-likeness (QED) is 0.826. The van der Waals surface area contributed by atoms with Gasteiger partial charge in [-0.3, -0.25) is 0 Å². The van der Waals surface area contributed by atoms with Crippen LogP contribution in [0.25, 0.3) is 0 Å². The summed E-state index contributed by atoms with van der Waals surface area (Å²) in [5, 5.41) is 8.69. The number of aromatic nitrogens is 3. The number of hydrogen-bond acceptors (Lipinski definition) is 3. The van der Waals surface area contributed by atoms with Crippen molar-refractivity contribution in [2.75, 3.05) is 0 Å². The fourth-order valence-electron chi connectivity index (χ4n) is 2.62. The predicted molar refractivity (Wildman–Crippen MR) is 71.5 cm³/mol. The van der Waals surface area contributed by atoms with Crippen LogP contribution in [0, 0.1) is 0 Å². The number of hydrogen-bond donors (Lipinski definition) is 0. The Labute approximate surface area is 110 Å². The Bertz CT molecular complexity index is 384. The second-order valence-electron chi connectivity index (χ2n) is 5.73. The van der Waals surface area contributed by atoms with Crippen molar-refractivity contribution in [3.05, 3.63) is 11.4 Å². The van der Waals surface area contributed by atoms with Gasteiger partial charge in [-0.15, -0.1) is 5.10 Å². The fourth-order valence-corrected chi connectivity index (χ4v) is 2.62. The van der Waals surface area contributed by atoms with Crippen LogP contribution in [0.3, 0.4) is 0 Å². The van der Waals surface area contributed by atoms with Crippen LogP contribution >= 0.6 is 0 Å². The third-order valence-corrected chi connectivity index (χ3v) is 3.41. The van der Waals surface area contributed by atoms with Crippen LogP contribution in [0.2, 0.25) is 0 Å². The monoisotopic (exact) mass is 251 g/mol. The van der Waals surface area contributed by atoms with Crippen molar-refractivity contribution in [2.45, 2.75) is 78.0 Å². The molecule has 1 aromatic heterocycles. The molecule has 1 aromatic rings. The molecule has 0 aliphatic heterocycles. The zero-order valence-electron chi connectivity index (χ0n) is 12.0. The lowest BCUT2D eigenvalue weighted by Crippen LogP contribution is -2.19. The predicted octanol–water partition coefficient (Wildman–Crippen LogP) is 3.44. The molecule has 0 amide bonds. The average molecular weight is 251 g/mol. The average Bonchev–Trinajstić information content (AvgIpc) is 2.66. The molecule has 1 atom stereocenters. The van der Waals surface area contributed by atoms with Gasteiger partial charge in [-0.05, 0) is 47.0 Å². The molecule has 0 N–H and O–H groups in total. The van der Waals surface area contributed by atoms with E-state index in [1.54, 1.807) is 0 Å². The maximum Gasteiger partial charge on any atom is 0.101 e. The minimum Gasteiger partial charge on any atom is -0.369 e. The van der Waals surface area contributed by atoms with E-state index < -0.39 is 0 Å². The molecule has 0 radical (unpaired) electrons. The van der Waals surface area contributed by atoms with Crippen molar-refractivity contribution < 1.29 is 4.74 Å². The lowest BCUT2D eigenvalue weighted by molar-refractivity contribution is -0.00647. The van der Waals surface area contributed by atoms with Crippen LogP contribution in [0.15, 0.2) is 0 Å². The van der Waals surface area contributed by atoms with Crippen molar-refractivity contribution >= 4 is 0 Å². The van der Waals surface area contributed by atoms with Gasteiger partial charge in [0.25, 0.3) is 0 Å². The summed E-state index contributed by atoms with van der Waals surface area (Å²) in [5.74, 6) is 0. The number of fused-ring (bicyclic) bond motifs is 1. The molecule has 0 fully saturated rings. The molecule has 1 unspecified atom stereocenters. The SMILES string of the molecule is CC(C)OC1CCCCCc2nnn(C(C)C)c21. The number of nitrogens with zero attached hydrogens (tertiary/aromatic N) is 3. The van der Waals surface area contributed by atoms with Crippen molar-refractivity contribution in [3.63, 3.8) is 0 Å². The van der Waals surface area contributed by atoms with Crippen LogP contribution < -0.4 is 0 Å². The molecule has 0 saturated heterocycles. The van der Waals surface area contributed by atoms with Gasteiger partial charge in [-0.2, -0.15) is 0 Å². The molecule has 0 bridgehead atoms. The van der Waals surface area contributed by atoms with Crippen molar-refractivity contribution in [2.24, 2.45) is 0 Å². The number of aryl methyl sites for hydroxylation is 1. The van der Waals surface area contributed by atoms with E-state index in [1.165, 1.54) is 25.0 Å². The van der Waals surface area contributed by atoms with Crippen LogP contribution in [-0.4, -0.2) is 21.1 Å². The third-order valence-electron chi connectivity index (χ3n) is 3.41. The van der Waals surface area contributed by atoms with Crippen LogP contribution in [0.5, 0.6) is 0 Å². The van der Waals surface area contributed by atoms with Gasteiger partial charge in [0.15, 0.2) is 0 Å².